The van der Waals surface area contributed by atoms with Gasteiger partial charge in [0.15, 0.2) is 12.4 Å². The Morgan fingerprint density at radius 3 is 2.77 bits per heavy atom. The molecular weight excluding hydrogens is 378 g/mol. The third kappa shape index (κ3) is 5.26. The molecule has 0 spiro atoms. The van der Waals surface area contributed by atoms with Gasteiger partial charge in [0, 0.05) is 25.4 Å². The van der Waals surface area contributed by atoms with Crippen LogP contribution in [0.4, 0.5) is 0 Å². The van der Waals surface area contributed by atoms with E-state index < -0.39 is 0 Å². The normalized spacial score (nSPS) is 16.0. The van der Waals surface area contributed by atoms with E-state index in [1.807, 2.05) is 54.3 Å². The van der Waals surface area contributed by atoms with E-state index in [2.05, 4.69) is 22.3 Å². The van der Waals surface area contributed by atoms with E-state index in [0.29, 0.717) is 24.7 Å². The molecule has 1 saturated heterocycles. The number of ether oxygens (including phenoxy) is 1. The van der Waals surface area contributed by atoms with E-state index in [0.717, 1.165) is 31.6 Å². The van der Waals surface area contributed by atoms with E-state index in [1.54, 1.807) is 0 Å². The van der Waals surface area contributed by atoms with Crippen molar-refractivity contribution in [2.45, 2.75) is 45.1 Å². The predicted molar refractivity (Wildman–Crippen MR) is 113 cm³/mol. The van der Waals surface area contributed by atoms with Crippen LogP contribution < -0.4 is 4.74 Å². The van der Waals surface area contributed by atoms with Crippen LogP contribution in [0, 0.1) is 6.92 Å². The van der Waals surface area contributed by atoms with Crippen LogP contribution in [0.15, 0.2) is 59.1 Å². The highest BCUT2D eigenvalue weighted by molar-refractivity contribution is 5.76. The largest absolute Gasteiger partial charge is 0.484 e. The first-order valence-electron chi connectivity index (χ1n) is 10.5. The summed E-state index contributed by atoms with van der Waals surface area (Å²) >= 11 is 0. The first-order valence-corrected chi connectivity index (χ1v) is 10.5. The highest BCUT2D eigenvalue weighted by Crippen LogP contribution is 2.26. The van der Waals surface area contributed by atoms with Crippen molar-refractivity contribution in [2.24, 2.45) is 0 Å². The van der Waals surface area contributed by atoms with Crippen LogP contribution in [-0.4, -0.2) is 34.0 Å². The Hall–Kier alpha value is -3.15. The van der Waals surface area contributed by atoms with Crippen molar-refractivity contribution < 1.29 is 14.1 Å². The lowest BCUT2D eigenvalue weighted by Crippen LogP contribution is -2.28. The predicted octanol–water partition coefficient (Wildman–Crippen LogP) is 4.30. The summed E-state index contributed by atoms with van der Waals surface area (Å²) in [4.78, 5) is 18.9. The van der Waals surface area contributed by atoms with Crippen molar-refractivity contribution in [3.05, 3.63) is 77.4 Å². The number of aromatic nitrogens is 2. The van der Waals surface area contributed by atoms with Crippen molar-refractivity contribution in [1.82, 2.24) is 15.0 Å². The van der Waals surface area contributed by atoms with E-state index in [1.165, 1.54) is 11.1 Å². The lowest BCUT2D eigenvalue weighted by atomic mass is 10.1. The fourth-order valence-electron chi connectivity index (χ4n) is 3.72. The maximum absolute atomic E-state index is 12.5. The SMILES string of the molecule is Cc1ccc(OCc2nc(C3CCN(C(=O)CCCc4ccccc4)C3)no2)cc1. The van der Waals surface area contributed by atoms with Crippen LogP contribution in [-0.2, 0) is 17.8 Å². The molecule has 1 fully saturated rings. The van der Waals surface area contributed by atoms with Crippen molar-refractivity contribution in [3.8, 4) is 5.75 Å². The molecule has 2 heterocycles. The van der Waals surface area contributed by atoms with Crippen LogP contribution in [0.1, 0.15) is 48.0 Å². The number of benzene rings is 2. The first kappa shape index (κ1) is 20.1. The molecule has 1 unspecified atom stereocenters. The number of nitrogens with zero attached hydrogens (tertiary/aromatic N) is 3. The Labute approximate surface area is 176 Å². The smallest absolute Gasteiger partial charge is 0.264 e. The highest BCUT2D eigenvalue weighted by atomic mass is 16.5. The third-order valence-corrected chi connectivity index (χ3v) is 5.47. The lowest BCUT2D eigenvalue weighted by Gasteiger charge is -2.15. The number of hydrogen-bond donors (Lipinski definition) is 0. The maximum atomic E-state index is 12.5. The van der Waals surface area contributed by atoms with Gasteiger partial charge >= 0.3 is 0 Å². The Morgan fingerprint density at radius 2 is 1.97 bits per heavy atom. The minimum absolute atomic E-state index is 0.125. The molecule has 3 aromatic rings. The van der Waals surface area contributed by atoms with Gasteiger partial charge in [-0.2, -0.15) is 4.98 Å². The Balaban J connectivity index is 1.23. The molecule has 1 aliphatic heterocycles. The molecule has 6 heteroatoms. The molecule has 6 nitrogen and oxygen atoms in total. The lowest BCUT2D eigenvalue weighted by molar-refractivity contribution is -0.130. The number of amides is 1. The number of aryl methyl sites for hydroxylation is 2. The van der Waals surface area contributed by atoms with E-state index in [4.69, 9.17) is 9.26 Å². The summed E-state index contributed by atoms with van der Waals surface area (Å²) in [5.41, 5.74) is 2.46. The molecule has 0 N–H and O–H groups in total. The highest BCUT2D eigenvalue weighted by Gasteiger charge is 2.30. The molecule has 30 heavy (non-hydrogen) atoms. The van der Waals surface area contributed by atoms with Crippen LogP contribution in [0.25, 0.3) is 0 Å². The minimum Gasteiger partial charge on any atom is -0.484 e. The van der Waals surface area contributed by atoms with Crippen LogP contribution >= 0.6 is 0 Å². The number of rotatable bonds is 8. The summed E-state index contributed by atoms with van der Waals surface area (Å²) in [5.74, 6) is 2.23. The summed E-state index contributed by atoms with van der Waals surface area (Å²) in [6.07, 6.45) is 3.23. The number of carbonyl (C=O) groups is 1. The molecule has 0 bridgehead atoms. The topological polar surface area (TPSA) is 68.5 Å². The van der Waals surface area contributed by atoms with Crippen molar-refractivity contribution in [3.63, 3.8) is 0 Å². The summed E-state index contributed by atoms with van der Waals surface area (Å²) in [6.45, 7) is 3.68. The monoisotopic (exact) mass is 405 g/mol. The van der Waals surface area contributed by atoms with Gasteiger partial charge in [-0.05, 0) is 43.9 Å². The molecular formula is C24H27N3O3. The summed E-state index contributed by atoms with van der Waals surface area (Å²) in [7, 11) is 0. The first-order chi connectivity index (χ1) is 14.7. The molecule has 1 amide bonds. The molecule has 0 saturated carbocycles. The molecule has 156 valence electrons. The molecule has 0 aliphatic carbocycles. The molecule has 1 aromatic heterocycles. The van der Waals surface area contributed by atoms with E-state index >= 15 is 0 Å². The van der Waals surface area contributed by atoms with Gasteiger partial charge in [-0.3, -0.25) is 4.79 Å². The second-order valence-electron chi connectivity index (χ2n) is 7.81. The van der Waals surface area contributed by atoms with Gasteiger partial charge in [0.05, 0.1) is 0 Å². The zero-order valence-corrected chi connectivity index (χ0v) is 17.3. The quantitative estimate of drug-likeness (QED) is 0.559. The fraction of sp³-hybridized carbons (Fsp3) is 0.375. The molecule has 4 rings (SSSR count). The van der Waals surface area contributed by atoms with Gasteiger partial charge in [-0.1, -0.05) is 53.2 Å². The third-order valence-electron chi connectivity index (χ3n) is 5.47. The van der Waals surface area contributed by atoms with Crippen molar-refractivity contribution in [2.75, 3.05) is 13.1 Å². The van der Waals surface area contributed by atoms with Gasteiger partial charge in [0.2, 0.25) is 5.91 Å². The number of carbonyl (C=O) groups excluding carboxylic acids is 1. The average molecular weight is 405 g/mol. The zero-order valence-electron chi connectivity index (χ0n) is 17.3. The van der Waals surface area contributed by atoms with Gasteiger partial charge < -0.3 is 14.2 Å². The molecule has 0 radical (unpaired) electrons. The number of likely N-dealkylation sites (tertiary alicyclic amines) is 1. The van der Waals surface area contributed by atoms with Crippen molar-refractivity contribution >= 4 is 5.91 Å². The number of hydrogen-bond acceptors (Lipinski definition) is 5. The van der Waals surface area contributed by atoms with Crippen molar-refractivity contribution in [1.29, 1.82) is 0 Å². The molecule has 2 aromatic carbocycles. The van der Waals surface area contributed by atoms with E-state index in [9.17, 15) is 4.79 Å². The van der Waals surface area contributed by atoms with Gasteiger partial charge in [-0.15, -0.1) is 0 Å². The minimum atomic E-state index is 0.125. The standard InChI is InChI=1S/C24H27N3O3/c1-18-10-12-21(13-11-18)29-17-22-25-24(26-30-22)20-14-15-27(16-20)23(28)9-5-8-19-6-3-2-4-7-19/h2-4,6-7,10-13,20H,5,8-9,14-17H2,1H3. The molecule has 1 atom stereocenters. The van der Waals surface area contributed by atoms with E-state index in [-0.39, 0.29) is 18.4 Å². The Bertz CT molecular complexity index is 953. The van der Waals surface area contributed by atoms with Gasteiger partial charge in [0.25, 0.3) is 5.89 Å². The summed E-state index contributed by atoms with van der Waals surface area (Å²) in [6, 6.07) is 18.1. The van der Waals surface area contributed by atoms with Crippen LogP contribution in [0.2, 0.25) is 0 Å². The summed E-state index contributed by atoms with van der Waals surface area (Å²) in [5, 5.41) is 4.12. The fourth-order valence-corrected chi connectivity index (χ4v) is 3.72. The van der Waals surface area contributed by atoms with Crippen LogP contribution in [0.3, 0.4) is 0 Å². The summed E-state index contributed by atoms with van der Waals surface area (Å²) < 4.78 is 11.0. The van der Waals surface area contributed by atoms with Gasteiger partial charge in [0.1, 0.15) is 5.75 Å². The second-order valence-corrected chi connectivity index (χ2v) is 7.81. The van der Waals surface area contributed by atoms with Crippen LogP contribution in [0.5, 0.6) is 5.75 Å². The Morgan fingerprint density at radius 1 is 1.17 bits per heavy atom. The zero-order chi connectivity index (χ0) is 20.8. The molecule has 1 aliphatic rings. The van der Waals surface area contributed by atoms with Gasteiger partial charge in [-0.25, -0.2) is 0 Å². The maximum Gasteiger partial charge on any atom is 0.264 e. The Kier molecular flexibility index (Phi) is 6.42. The second kappa shape index (κ2) is 9.57. The average Bonchev–Trinajstić information content (AvgIpc) is 3.44.